The number of rotatable bonds is 8. The predicted octanol–water partition coefficient (Wildman–Crippen LogP) is 0.657. The van der Waals surface area contributed by atoms with Crippen molar-refractivity contribution in [2.24, 2.45) is 0 Å². The van der Waals surface area contributed by atoms with Crippen LogP contribution >= 0.6 is 0 Å². The molecule has 1 saturated heterocycles. The van der Waals surface area contributed by atoms with Crippen molar-refractivity contribution in [1.82, 2.24) is 14.9 Å². The van der Waals surface area contributed by atoms with E-state index in [1.165, 1.54) is 31.2 Å². The molecular formula is C19H27N3O6S. The molecule has 0 aromatic heterocycles. The first-order valence-corrected chi connectivity index (χ1v) is 11.0. The van der Waals surface area contributed by atoms with Crippen molar-refractivity contribution >= 4 is 27.8 Å². The lowest BCUT2D eigenvalue weighted by molar-refractivity contribution is -0.157. The van der Waals surface area contributed by atoms with Crippen molar-refractivity contribution in [3.05, 3.63) is 29.8 Å². The first-order chi connectivity index (χ1) is 13.6. The number of amides is 2. The van der Waals surface area contributed by atoms with Crippen LogP contribution in [0.15, 0.2) is 29.2 Å². The lowest BCUT2D eigenvalue weighted by Gasteiger charge is -2.20. The van der Waals surface area contributed by atoms with Gasteiger partial charge in [-0.1, -0.05) is 0 Å². The number of carbonyl (C=O) groups is 3. The average Bonchev–Trinajstić information content (AvgIpc) is 3.19. The average molecular weight is 426 g/mol. The van der Waals surface area contributed by atoms with Gasteiger partial charge in [-0.15, -0.1) is 0 Å². The second-order valence-corrected chi connectivity index (χ2v) is 8.86. The maximum absolute atomic E-state index is 12.2. The second kappa shape index (κ2) is 9.84. The Morgan fingerprint density at radius 1 is 1.07 bits per heavy atom. The fraction of sp³-hybridized carbons (Fsp3) is 0.526. The molecule has 0 spiro atoms. The second-order valence-electron chi connectivity index (χ2n) is 7.15. The van der Waals surface area contributed by atoms with E-state index in [1.807, 2.05) is 0 Å². The van der Waals surface area contributed by atoms with Gasteiger partial charge in [0, 0.05) is 24.7 Å². The molecule has 1 heterocycles. The minimum atomic E-state index is -3.65. The number of benzene rings is 1. The summed E-state index contributed by atoms with van der Waals surface area (Å²) >= 11 is 0. The van der Waals surface area contributed by atoms with E-state index in [4.69, 9.17) is 4.74 Å². The number of likely N-dealkylation sites (tertiary alicyclic amines) is 1. The van der Waals surface area contributed by atoms with Gasteiger partial charge in [0.15, 0.2) is 6.10 Å². The van der Waals surface area contributed by atoms with E-state index >= 15 is 0 Å². The number of ether oxygens (including phenoxy) is 1. The molecule has 0 aliphatic carbocycles. The Bertz CT molecular complexity index is 845. The van der Waals surface area contributed by atoms with Gasteiger partial charge in [-0.3, -0.25) is 14.4 Å². The van der Waals surface area contributed by atoms with E-state index in [1.54, 1.807) is 18.7 Å². The van der Waals surface area contributed by atoms with Gasteiger partial charge >= 0.3 is 5.97 Å². The summed E-state index contributed by atoms with van der Waals surface area (Å²) < 4.78 is 31.7. The zero-order valence-electron chi connectivity index (χ0n) is 16.8. The molecule has 1 atom stereocenters. The summed E-state index contributed by atoms with van der Waals surface area (Å²) in [5.41, 5.74) is 0.197. The number of carbonyl (C=O) groups excluding carboxylic acids is 3. The highest BCUT2D eigenvalue weighted by Gasteiger charge is 2.26. The fourth-order valence-electron chi connectivity index (χ4n) is 2.90. The SMILES string of the molecule is CC(C)NS(=O)(=O)c1ccc(C(=O)NCC(=O)O[C@@H](C)C(=O)N2CCCC2)cc1. The summed E-state index contributed by atoms with van der Waals surface area (Å²) in [6, 6.07) is 5.09. The summed E-state index contributed by atoms with van der Waals surface area (Å²) in [6.07, 6.45) is 0.974. The molecule has 9 nitrogen and oxygen atoms in total. The Morgan fingerprint density at radius 3 is 2.21 bits per heavy atom. The van der Waals surface area contributed by atoms with Gasteiger partial charge in [0.25, 0.3) is 11.8 Å². The highest BCUT2D eigenvalue weighted by atomic mass is 32.2. The largest absolute Gasteiger partial charge is 0.451 e. The van der Waals surface area contributed by atoms with Crippen molar-refractivity contribution in [1.29, 1.82) is 0 Å². The highest BCUT2D eigenvalue weighted by molar-refractivity contribution is 7.89. The molecular weight excluding hydrogens is 398 g/mol. The molecule has 1 fully saturated rings. The van der Waals surface area contributed by atoms with Crippen molar-refractivity contribution in [3.8, 4) is 0 Å². The summed E-state index contributed by atoms with van der Waals surface area (Å²) in [6.45, 7) is 5.85. The van der Waals surface area contributed by atoms with Crippen LogP contribution in [-0.4, -0.2) is 62.9 Å². The Hall–Kier alpha value is -2.46. The number of hydrogen-bond donors (Lipinski definition) is 2. The number of sulfonamides is 1. The normalized spacial score (nSPS) is 15.2. The molecule has 0 radical (unpaired) electrons. The summed E-state index contributed by atoms with van der Waals surface area (Å²) in [4.78, 5) is 37.9. The molecule has 1 aromatic rings. The molecule has 0 unspecified atom stereocenters. The van der Waals surface area contributed by atoms with Crippen LogP contribution in [0.5, 0.6) is 0 Å². The zero-order chi connectivity index (χ0) is 21.6. The lowest BCUT2D eigenvalue weighted by atomic mass is 10.2. The molecule has 2 N–H and O–H groups in total. The van der Waals surface area contributed by atoms with Crippen LogP contribution in [0.2, 0.25) is 0 Å². The summed E-state index contributed by atoms with van der Waals surface area (Å²) in [5, 5.41) is 2.40. The molecule has 0 saturated carbocycles. The van der Waals surface area contributed by atoms with Crippen molar-refractivity contribution in [2.45, 2.75) is 50.7 Å². The number of nitrogens with one attached hydrogen (secondary N) is 2. The van der Waals surface area contributed by atoms with Crippen molar-refractivity contribution in [3.63, 3.8) is 0 Å². The topological polar surface area (TPSA) is 122 Å². The minimum absolute atomic E-state index is 0.0383. The van der Waals surface area contributed by atoms with Gasteiger partial charge < -0.3 is 15.0 Å². The predicted molar refractivity (Wildman–Crippen MR) is 106 cm³/mol. The maximum Gasteiger partial charge on any atom is 0.326 e. The summed E-state index contributed by atoms with van der Waals surface area (Å²) in [7, 11) is -3.65. The number of esters is 1. The van der Waals surface area contributed by atoms with Crippen LogP contribution in [0, 0.1) is 0 Å². The third-order valence-electron chi connectivity index (χ3n) is 4.28. The van der Waals surface area contributed by atoms with Crippen LogP contribution in [0.3, 0.4) is 0 Å². The monoisotopic (exact) mass is 425 g/mol. The molecule has 2 amide bonds. The highest BCUT2D eigenvalue weighted by Crippen LogP contribution is 2.12. The van der Waals surface area contributed by atoms with E-state index < -0.39 is 34.5 Å². The van der Waals surface area contributed by atoms with Crippen molar-refractivity contribution in [2.75, 3.05) is 19.6 Å². The molecule has 160 valence electrons. The zero-order valence-corrected chi connectivity index (χ0v) is 17.6. The molecule has 0 bridgehead atoms. The quantitative estimate of drug-likeness (QED) is 0.590. The van der Waals surface area contributed by atoms with E-state index in [0.717, 1.165) is 12.8 Å². The smallest absolute Gasteiger partial charge is 0.326 e. The van der Waals surface area contributed by atoms with Gasteiger partial charge in [-0.2, -0.15) is 0 Å². The number of nitrogens with zero attached hydrogens (tertiary/aromatic N) is 1. The lowest BCUT2D eigenvalue weighted by Crippen LogP contribution is -2.40. The first kappa shape index (κ1) is 22.8. The Labute approximate surface area is 170 Å². The Kier molecular flexibility index (Phi) is 7.74. The van der Waals surface area contributed by atoms with E-state index in [0.29, 0.717) is 13.1 Å². The van der Waals surface area contributed by atoms with Crippen LogP contribution in [0.25, 0.3) is 0 Å². The van der Waals surface area contributed by atoms with Gasteiger partial charge in [0.05, 0.1) is 4.90 Å². The standard InChI is InChI=1S/C19H27N3O6S/c1-13(2)21-29(26,27)16-8-6-15(7-9-16)18(24)20-12-17(23)28-14(3)19(25)22-10-4-5-11-22/h6-9,13-14,21H,4-5,10-12H2,1-3H3,(H,20,24)/t14-/m0/s1. The molecule has 29 heavy (non-hydrogen) atoms. The Morgan fingerprint density at radius 2 is 1.66 bits per heavy atom. The molecule has 10 heteroatoms. The molecule has 1 aromatic carbocycles. The van der Waals surface area contributed by atoms with Crippen LogP contribution in [0.1, 0.15) is 44.0 Å². The van der Waals surface area contributed by atoms with Crippen LogP contribution in [0.4, 0.5) is 0 Å². The maximum atomic E-state index is 12.2. The summed E-state index contributed by atoms with van der Waals surface area (Å²) in [5.74, 6) is -1.52. The molecule has 1 aliphatic rings. The van der Waals surface area contributed by atoms with E-state index in [-0.39, 0.29) is 22.4 Å². The van der Waals surface area contributed by atoms with Crippen LogP contribution < -0.4 is 10.0 Å². The van der Waals surface area contributed by atoms with Gasteiger partial charge in [-0.25, -0.2) is 13.1 Å². The van der Waals surface area contributed by atoms with Crippen LogP contribution in [-0.2, 0) is 24.3 Å². The Balaban J connectivity index is 1.85. The molecule has 1 aliphatic heterocycles. The first-order valence-electron chi connectivity index (χ1n) is 9.49. The van der Waals surface area contributed by atoms with Gasteiger partial charge in [0.2, 0.25) is 10.0 Å². The number of hydrogen-bond acceptors (Lipinski definition) is 6. The third-order valence-corrected chi connectivity index (χ3v) is 5.96. The van der Waals surface area contributed by atoms with E-state index in [2.05, 4.69) is 10.0 Å². The minimum Gasteiger partial charge on any atom is -0.451 e. The third kappa shape index (κ3) is 6.53. The van der Waals surface area contributed by atoms with Gasteiger partial charge in [-0.05, 0) is 57.9 Å². The fourth-order valence-corrected chi connectivity index (χ4v) is 4.15. The van der Waals surface area contributed by atoms with E-state index in [9.17, 15) is 22.8 Å². The van der Waals surface area contributed by atoms with Gasteiger partial charge in [0.1, 0.15) is 6.54 Å². The molecule has 2 rings (SSSR count). The van der Waals surface area contributed by atoms with Crippen molar-refractivity contribution < 1.29 is 27.5 Å².